The molecule has 28 heavy (non-hydrogen) atoms. The summed E-state index contributed by atoms with van der Waals surface area (Å²) in [5.41, 5.74) is 1.58. The van der Waals surface area contributed by atoms with Crippen molar-refractivity contribution < 1.29 is 4.79 Å². The average molecular weight is 375 g/mol. The van der Waals surface area contributed by atoms with Gasteiger partial charge in [-0.15, -0.1) is 0 Å². The van der Waals surface area contributed by atoms with Crippen LogP contribution in [0.5, 0.6) is 0 Å². The third kappa shape index (κ3) is 4.14. The Morgan fingerprint density at radius 1 is 0.964 bits per heavy atom. The second kappa shape index (κ2) is 8.38. The van der Waals surface area contributed by atoms with Crippen molar-refractivity contribution in [2.24, 2.45) is 5.92 Å². The van der Waals surface area contributed by atoms with Gasteiger partial charge in [-0.25, -0.2) is 4.98 Å². The zero-order chi connectivity index (χ0) is 19.3. The second-order valence-corrected chi connectivity index (χ2v) is 7.54. The number of H-pyrrole nitrogens is 1. The fraction of sp³-hybridized carbons (Fsp3) is 0.348. The van der Waals surface area contributed by atoms with Gasteiger partial charge in [-0.2, -0.15) is 0 Å². The number of nitrogens with one attached hydrogen (secondary N) is 1. The molecule has 0 saturated heterocycles. The molecule has 0 atom stereocenters. The largest absolute Gasteiger partial charge is 0.331 e. The molecule has 2 aromatic carbocycles. The van der Waals surface area contributed by atoms with E-state index in [1.807, 2.05) is 53.4 Å². The van der Waals surface area contributed by atoms with Crippen LogP contribution in [0, 0.1) is 5.92 Å². The number of nitrogens with zero attached hydrogens (tertiary/aromatic N) is 2. The maximum atomic E-state index is 13.3. The summed E-state index contributed by atoms with van der Waals surface area (Å²) >= 11 is 0. The van der Waals surface area contributed by atoms with Gasteiger partial charge in [-0.3, -0.25) is 9.59 Å². The van der Waals surface area contributed by atoms with Crippen molar-refractivity contribution in [1.82, 2.24) is 14.9 Å². The van der Waals surface area contributed by atoms with E-state index in [2.05, 4.69) is 9.97 Å². The molecule has 1 saturated carbocycles. The zero-order valence-corrected chi connectivity index (χ0v) is 15.9. The molecule has 1 aromatic heterocycles. The summed E-state index contributed by atoms with van der Waals surface area (Å²) in [7, 11) is 0. The molecule has 0 unspecified atom stereocenters. The Bertz CT molecular complexity index is 1010. The molecule has 144 valence electrons. The van der Waals surface area contributed by atoms with Crippen LogP contribution >= 0.6 is 0 Å². The first-order valence-corrected chi connectivity index (χ1v) is 10.0. The number of aromatic amines is 1. The highest BCUT2D eigenvalue weighted by Crippen LogP contribution is 2.26. The van der Waals surface area contributed by atoms with Gasteiger partial charge in [-0.05, 0) is 30.5 Å². The summed E-state index contributed by atoms with van der Waals surface area (Å²) in [4.78, 5) is 35.0. The first-order chi connectivity index (χ1) is 13.7. The van der Waals surface area contributed by atoms with Gasteiger partial charge >= 0.3 is 0 Å². The molecular weight excluding hydrogens is 350 g/mol. The summed E-state index contributed by atoms with van der Waals surface area (Å²) in [6.45, 7) is 0.830. The molecule has 1 fully saturated rings. The van der Waals surface area contributed by atoms with Crippen molar-refractivity contribution in [3.8, 4) is 0 Å². The Hall–Kier alpha value is -2.95. The fourth-order valence-corrected chi connectivity index (χ4v) is 4.01. The summed E-state index contributed by atoms with van der Waals surface area (Å²) in [5, 5.41) is 0.569. The van der Waals surface area contributed by atoms with Gasteiger partial charge in [0, 0.05) is 12.5 Å². The Morgan fingerprint density at radius 3 is 2.46 bits per heavy atom. The Labute approximate surface area is 164 Å². The Morgan fingerprint density at radius 2 is 1.68 bits per heavy atom. The third-order valence-corrected chi connectivity index (χ3v) is 5.48. The molecule has 1 N–H and O–H groups in total. The molecule has 1 aliphatic carbocycles. The van der Waals surface area contributed by atoms with E-state index >= 15 is 0 Å². The average Bonchev–Trinajstić information content (AvgIpc) is 2.74. The molecule has 1 amide bonds. The van der Waals surface area contributed by atoms with Crippen LogP contribution in [0.2, 0.25) is 0 Å². The standard InChI is InChI=1S/C23H25N3O2/c27-22-19-13-7-8-14-20(19)24-21(25-22)16-26(15-17-9-3-1-4-10-17)23(28)18-11-5-2-6-12-18/h1,3-4,7-10,13-14,18H,2,5-6,11-12,15-16H2,(H,24,25,27). The van der Waals surface area contributed by atoms with E-state index in [-0.39, 0.29) is 17.4 Å². The van der Waals surface area contributed by atoms with Gasteiger partial charge in [-0.1, -0.05) is 61.7 Å². The fourth-order valence-electron chi connectivity index (χ4n) is 4.01. The number of benzene rings is 2. The van der Waals surface area contributed by atoms with Gasteiger partial charge in [0.05, 0.1) is 17.4 Å². The van der Waals surface area contributed by atoms with Crippen molar-refractivity contribution >= 4 is 16.8 Å². The molecule has 1 heterocycles. The van der Waals surface area contributed by atoms with Crippen molar-refractivity contribution in [3.05, 3.63) is 76.3 Å². The van der Waals surface area contributed by atoms with Crippen molar-refractivity contribution in [3.63, 3.8) is 0 Å². The number of hydrogen-bond donors (Lipinski definition) is 1. The number of amides is 1. The Kier molecular flexibility index (Phi) is 5.51. The summed E-state index contributed by atoms with van der Waals surface area (Å²) in [6, 6.07) is 17.3. The molecule has 3 aromatic rings. The normalized spacial score (nSPS) is 14.9. The minimum atomic E-state index is -0.162. The smallest absolute Gasteiger partial charge is 0.258 e. The maximum absolute atomic E-state index is 13.3. The van der Waals surface area contributed by atoms with E-state index in [1.165, 1.54) is 6.42 Å². The van der Waals surface area contributed by atoms with Gasteiger partial charge in [0.2, 0.25) is 5.91 Å². The maximum Gasteiger partial charge on any atom is 0.258 e. The van der Waals surface area contributed by atoms with Crippen LogP contribution in [0.3, 0.4) is 0 Å². The first-order valence-electron chi connectivity index (χ1n) is 10.0. The van der Waals surface area contributed by atoms with Crippen LogP contribution in [-0.2, 0) is 17.9 Å². The summed E-state index contributed by atoms with van der Waals surface area (Å²) < 4.78 is 0. The van der Waals surface area contributed by atoms with E-state index in [9.17, 15) is 9.59 Å². The number of carbonyl (C=O) groups excluding carboxylic acids is 1. The molecular formula is C23H25N3O2. The highest BCUT2D eigenvalue weighted by atomic mass is 16.2. The highest BCUT2D eigenvalue weighted by molar-refractivity contribution is 5.79. The molecule has 1 aliphatic rings. The molecule has 0 bridgehead atoms. The summed E-state index contributed by atoms with van der Waals surface area (Å²) in [5.74, 6) is 0.771. The van der Waals surface area contributed by atoms with Crippen LogP contribution in [0.25, 0.3) is 10.9 Å². The van der Waals surface area contributed by atoms with Crippen LogP contribution < -0.4 is 5.56 Å². The predicted molar refractivity (Wildman–Crippen MR) is 110 cm³/mol. The van der Waals surface area contributed by atoms with Gasteiger partial charge in [0.25, 0.3) is 5.56 Å². The zero-order valence-electron chi connectivity index (χ0n) is 15.9. The number of hydrogen-bond acceptors (Lipinski definition) is 3. The monoisotopic (exact) mass is 375 g/mol. The van der Waals surface area contributed by atoms with Crippen molar-refractivity contribution in [2.75, 3.05) is 0 Å². The SMILES string of the molecule is O=C(C1CCCCC1)N(Cc1ccccc1)Cc1nc2ccccc2c(=O)[nH]1. The molecule has 5 nitrogen and oxygen atoms in total. The lowest BCUT2D eigenvalue weighted by molar-refractivity contribution is -0.138. The lowest BCUT2D eigenvalue weighted by atomic mass is 9.88. The van der Waals surface area contributed by atoms with Crippen LogP contribution in [0.4, 0.5) is 0 Å². The van der Waals surface area contributed by atoms with Crippen LogP contribution in [0.15, 0.2) is 59.4 Å². The van der Waals surface area contributed by atoms with E-state index in [1.54, 1.807) is 6.07 Å². The van der Waals surface area contributed by atoms with Crippen LogP contribution in [-0.4, -0.2) is 20.8 Å². The highest BCUT2D eigenvalue weighted by Gasteiger charge is 2.26. The van der Waals surface area contributed by atoms with Crippen molar-refractivity contribution in [2.45, 2.75) is 45.2 Å². The topological polar surface area (TPSA) is 66.1 Å². The van der Waals surface area contributed by atoms with Gasteiger partial charge in [0.15, 0.2) is 0 Å². The van der Waals surface area contributed by atoms with Gasteiger partial charge in [0.1, 0.15) is 5.82 Å². The lowest BCUT2D eigenvalue weighted by Gasteiger charge is -2.29. The molecule has 0 spiro atoms. The van der Waals surface area contributed by atoms with E-state index in [4.69, 9.17) is 0 Å². The number of carbonyl (C=O) groups is 1. The number of rotatable bonds is 5. The van der Waals surface area contributed by atoms with E-state index in [0.717, 1.165) is 31.2 Å². The lowest BCUT2D eigenvalue weighted by Crippen LogP contribution is -2.37. The predicted octanol–water partition coefficient (Wildman–Crippen LogP) is 4.03. The van der Waals surface area contributed by atoms with Crippen molar-refractivity contribution in [1.29, 1.82) is 0 Å². The number of aromatic nitrogens is 2. The minimum Gasteiger partial charge on any atom is -0.331 e. The molecule has 0 radical (unpaired) electrons. The molecule has 0 aliphatic heterocycles. The number of fused-ring (bicyclic) bond motifs is 1. The van der Waals surface area contributed by atoms with E-state index in [0.29, 0.717) is 29.8 Å². The van der Waals surface area contributed by atoms with E-state index < -0.39 is 0 Å². The number of para-hydroxylation sites is 1. The molecule has 5 heteroatoms. The Balaban J connectivity index is 1.63. The third-order valence-electron chi connectivity index (χ3n) is 5.48. The second-order valence-electron chi connectivity index (χ2n) is 7.54. The quantitative estimate of drug-likeness (QED) is 0.732. The van der Waals surface area contributed by atoms with Gasteiger partial charge < -0.3 is 9.88 Å². The minimum absolute atomic E-state index is 0.0737. The first kappa shape index (κ1) is 18.4. The van der Waals surface area contributed by atoms with Crippen LogP contribution in [0.1, 0.15) is 43.5 Å². The summed E-state index contributed by atoms with van der Waals surface area (Å²) in [6.07, 6.45) is 5.33. The molecule has 4 rings (SSSR count).